The number of likely N-dealkylation sites (tertiary alicyclic amines) is 2. The summed E-state index contributed by atoms with van der Waals surface area (Å²) in [7, 11) is 0. The van der Waals surface area contributed by atoms with Crippen LogP contribution in [0.3, 0.4) is 0 Å². The molecule has 18 heteroatoms. The van der Waals surface area contributed by atoms with Crippen molar-refractivity contribution in [3.63, 3.8) is 0 Å². The Kier molecular flexibility index (Phi) is 11.7. The zero-order valence-corrected chi connectivity index (χ0v) is 38.2. The van der Waals surface area contributed by atoms with E-state index < -0.39 is 35.0 Å². The van der Waals surface area contributed by atoms with E-state index in [0.29, 0.717) is 94.2 Å². The van der Waals surface area contributed by atoms with E-state index in [1.165, 1.54) is 35.2 Å². The smallest absolute Gasteiger partial charge is 0.255 e. The Labute approximate surface area is 401 Å². The first-order chi connectivity index (χ1) is 33.9. The third-order valence-corrected chi connectivity index (χ3v) is 14.9. The number of piperazine rings is 1. The third kappa shape index (κ3) is 8.81. The number of carbonyl (C=O) groups excluding carboxylic acids is 6. The van der Waals surface area contributed by atoms with E-state index in [2.05, 4.69) is 41.0 Å². The summed E-state index contributed by atoms with van der Waals surface area (Å²) in [6, 6.07) is 22.1. The second kappa shape index (κ2) is 18.2. The maximum absolute atomic E-state index is 16.0. The molecule has 6 heterocycles. The normalized spacial score (nSPS) is 22.0. The lowest BCUT2D eigenvalue weighted by Gasteiger charge is -2.39. The first-order valence-electron chi connectivity index (χ1n) is 23.9. The summed E-state index contributed by atoms with van der Waals surface area (Å²) in [5, 5.41) is 11.4. The minimum Gasteiger partial charge on any atom is -0.457 e. The first kappa shape index (κ1) is 45.2. The lowest BCUT2D eigenvalue weighted by Crippen LogP contribution is -2.52. The minimum absolute atomic E-state index is 0.153. The van der Waals surface area contributed by atoms with Crippen LogP contribution >= 0.6 is 0 Å². The largest absolute Gasteiger partial charge is 0.457 e. The quantitative estimate of drug-likeness (QED) is 0.0798. The number of rotatable bonds is 13. The Hall–Kier alpha value is -7.31. The molecule has 11 rings (SSSR count). The van der Waals surface area contributed by atoms with Crippen LogP contribution in [0.15, 0.2) is 91.1 Å². The molecule has 3 atom stereocenters. The van der Waals surface area contributed by atoms with E-state index in [-0.39, 0.29) is 55.5 Å². The molecule has 16 nitrogen and oxygen atoms in total. The highest BCUT2D eigenvalue weighted by Crippen LogP contribution is 2.48. The summed E-state index contributed by atoms with van der Waals surface area (Å²) in [5.41, 5.74) is 2.48. The van der Waals surface area contributed by atoms with Crippen LogP contribution in [0.1, 0.15) is 60.9 Å². The molecular weight excluding hydrogens is 901 g/mol. The van der Waals surface area contributed by atoms with Gasteiger partial charge >= 0.3 is 0 Å². The molecule has 4 aromatic carbocycles. The van der Waals surface area contributed by atoms with Crippen LogP contribution < -0.4 is 30.9 Å². The average Bonchev–Trinajstić information content (AvgIpc) is 3.81. The van der Waals surface area contributed by atoms with Gasteiger partial charge in [0.25, 0.3) is 5.91 Å². The zero-order chi connectivity index (χ0) is 48.3. The number of carbonyl (C=O) groups is 6. The van der Waals surface area contributed by atoms with Gasteiger partial charge in [-0.05, 0) is 123 Å². The van der Waals surface area contributed by atoms with Crippen LogP contribution in [0.5, 0.6) is 11.5 Å². The number of nitrogens with one attached hydrogen (secondary N) is 4. The third-order valence-electron chi connectivity index (χ3n) is 14.9. The van der Waals surface area contributed by atoms with E-state index >= 15 is 4.39 Å². The van der Waals surface area contributed by atoms with E-state index in [1.54, 1.807) is 60.8 Å². The van der Waals surface area contributed by atoms with Crippen molar-refractivity contribution in [2.75, 3.05) is 60.1 Å². The van der Waals surface area contributed by atoms with Crippen molar-refractivity contribution in [1.29, 1.82) is 0 Å². The predicted molar refractivity (Wildman–Crippen MR) is 255 cm³/mol. The Bertz CT molecular complexity index is 2940. The van der Waals surface area contributed by atoms with Crippen molar-refractivity contribution in [3.8, 4) is 11.5 Å². The molecule has 1 saturated carbocycles. The molecule has 4 N–H and O–H groups in total. The topological polar surface area (TPSA) is 186 Å². The lowest BCUT2D eigenvalue weighted by molar-refractivity contribution is -0.137. The standard InChI is InChI=1S/C52H51F2N9O7/c53-31-4-6-32(7-5-31)56-50(68)52(17-18-52)51(69)57-33-8-10-36(11-9-33)70-45-14-19-55-42-24-44(40(54)23-38(42)45)60-20-15-30(16-21-60)25-61-26-35-22-34(61)27-62(35)29-47(65)58-41-3-1-2-37-39(41)28-63(49(37)67)43-12-13-46(64)59-48(43)66/h1-11,14,19,23-24,30,34-35,43H,12-13,15-18,20-22,25-29H2,(H,56,68)(H,57,69)(H,58,65)(H,59,64,66)/t34-,35-,43?/m1/s1. The molecule has 6 amide bonds. The van der Waals surface area contributed by atoms with Crippen LogP contribution in [0, 0.1) is 23.0 Å². The number of fused-ring (bicyclic) bond motifs is 4. The first-order valence-corrected chi connectivity index (χ1v) is 23.9. The number of piperidine rings is 2. The molecule has 360 valence electrons. The number of ether oxygens (including phenoxy) is 1. The van der Waals surface area contributed by atoms with E-state index in [1.807, 2.05) is 0 Å². The molecule has 0 radical (unpaired) electrons. The zero-order valence-electron chi connectivity index (χ0n) is 38.2. The molecule has 4 saturated heterocycles. The Morgan fingerprint density at radius 1 is 0.814 bits per heavy atom. The Morgan fingerprint density at radius 2 is 1.51 bits per heavy atom. The van der Waals surface area contributed by atoms with Crippen LogP contribution in [0.2, 0.25) is 0 Å². The summed E-state index contributed by atoms with van der Waals surface area (Å²) < 4.78 is 35.5. The molecule has 0 spiro atoms. The fraction of sp³-hybridized carbons (Fsp3) is 0.365. The van der Waals surface area contributed by atoms with Crippen molar-refractivity contribution < 1.29 is 42.3 Å². The van der Waals surface area contributed by atoms with Gasteiger partial charge in [-0.1, -0.05) is 6.07 Å². The molecule has 5 fully saturated rings. The Morgan fingerprint density at radius 3 is 2.20 bits per heavy atom. The summed E-state index contributed by atoms with van der Waals surface area (Å²) in [6.45, 7) is 4.47. The molecule has 1 unspecified atom stereocenters. The highest BCUT2D eigenvalue weighted by Gasteiger charge is 2.56. The molecule has 70 heavy (non-hydrogen) atoms. The lowest BCUT2D eigenvalue weighted by atomic mass is 9.95. The molecule has 1 aliphatic carbocycles. The van der Waals surface area contributed by atoms with E-state index in [4.69, 9.17) is 4.74 Å². The second-order valence-corrected chi connectivity index (χ2v) is 19.4. The summed E-state index contributed by atoms with van der Waals surface area (Å²) in [5.74, 6) is -1.56. The number of nitrogens with zero attached hydrogens (tertiary/aromatic N) is 5. The van der Waals surface area contributed by atoms with Gasteiger partial charge in [-0.2, -0.15) is 0 Å². The number of amides is 6. The minimum atomic E-state index is -1.20. The van der Waals surface area contributed by atoms with Gasteiger partial charge in [-0.15, -0.1) is 0 Å². The van der Waals surface area contributed by atoms with Gasteiger partial charge in [0.05, 0.1) is 17.7 Å². The van der Waals surface area contributed by atoms with Gasteiger partial charge in [-0.25, -0.2) is 8.78 Å². The van der Waals surface area contributed by atoms with Gasteiger partial charge < -0.3 is 30.5 Å². The fourth-order valence-electron chi connectivity index (χ4n) is 10.9. The fourth-order valence-corrected chi connectivity index (χ4v) is 10.9. The number of benzene rings is 4. The highest BCUT2D eigenvalue weighted by molar-refractivity contribution is 6.17. The Balaban J connectivity index is 0.645. The van der Waals surface area contributed by atoms with Crippen LogP contribution in [0.25, 0.3) is 10.9 Å². The van der Waals surface area contributed by atoms with Crippen molar-refractivity contribution in [1.82, 2.24) is 25.0 Å². The monoisotopic (exact) mass is 951 g/mol. The average molecular weight is 952 g/mol. The van der Waals surface area contributed by atoms with E-state index in [9.17, 15) is 33.2 Å². The molecule has 5 aromatic rings. The van der Waals surface area contributed by atoms with Crippen LogP contribution in [-0.2, 0) is 30.5 Å². The van der Waals surface area contributed by atoms with Gasteiger partial charge in [0.15, 0.2) is 0 Å². The number of pyridine rings is 1. The van der Waals surface area contributed by atoms with Crippen LogP contribution in [-0.4, -0.2) is 113 Å². The number of anilines is 4. The van der Waals surface area contributed by atoms with E-state index in [0.717, 1.165) is 38.9 Å². The molecule has 5 aliphatic heterocycles. The van der Waals surface area contributed by atoms with Gasteiger partial charge in [-0.3, -0.25) is 48.9 Å². The van der Waals surface area contributed by atoms with Crippen molar-refractivity contribution >= 4 is 69.1 Å². The number of aromatic nitrogens is 1. The second-order valence-electron chi connectivity index (χ2n) is 19.4. The number of imide groups is 1. The summed E-state index contributed by atoms with van der Waals surface area (Å²) >= 11 is 0. The van der Waals surface area contributed by atoms with Crippen LogP contribution in [0.4, 0.5) is 31.5 Å². The summed E-state index contributed by atoms with van der Waals surface area (Å²) in [6.07, 6.45) is 5.69. The van der Waals surface area contributed by atoms with Gasteiger partial charge in [0.2, 0.25) is 29.5 Å². The maximum Gasteiger partial charge on any atom is 0.255 e. The number of halogens is 2. The SMILES string of the molecule is O=C1CCC(N2Cc3c(NC(=O)CN4C[C@H]5C[C@@H]4CN5CC4CCN(c5cc6nccc(Oc7ccc(NC(=O)C8(C(=O)Nc9ccc(F)cc9)CC8)cc7)c6cc5F)CC4)cccc3C2=O)C(=O)N1. The predicted octanol–water partition coefficient (Wildman–Crippen LogP) is 6.04. The van der Waals surface area contributed by atoms with Crippen molar-refractivity contribution in [2.24, 2.45) is 11.3 Å². The van der Waals surface area contributed by atoms with Gasteiger partial charge in [0, 0.05) is 97.5 Å². The van der Waals surface area contributed by atoms with Crippen molar-refractivity contribution in [3.05, 3.63) is 114 Å². The summed E-state index contributed by atoms with van der Waals surface area (Å²) in [4.78, 5) is 90.0. The maximum atomic E-state index is 16.0. The molecule has 1 aromatic heterocycles. The molecule has 6 aliphatic rings. The molecule has 2 bridgehead atoms. The number of hydrogen-bond acceptors (Lipinski definition) is 11. The number of hydrogen-bond donors (Lipinski definition) is 4. The highest BCUT2D eigenvalue weighted by atomic mass is 19.1. The molecular formula is C52H51F2N9O7. The van der Waals surface area contributed by atoms with Gasteiger partial charge in [0.1, 0.15) is 34.6 Å². The van der Waals surface area contributed by atoms with Crippen molar-refractivity contribution in [2.45, 2.75) is 69.6 Å².